The predicted octanol–water partition coefficient (Wildman–Crippen LogP) is 3.57. The van der Waals surface area contributed by atoms with Crippen molar-refractivity contribution in [3.8, 4) is 11.4 Å². The molecule has 0 spiro atoms. The third-order valence-corrected chi connectivity index (χ3v) is 7.02. The summed E-state index contributed by atoms with van der Waals surface area (Å²) in [4.78, 5) is 17.7. The van der Waals surface area contributed by atoms with E-state index in [0.29, 0.717) is 25.1 Å². The van der Waals surface area contributed by atoms with E-state index in [1.165, 1.54) is 10.6 Å². The third kappa shape index (κ3) is 4.76. The Morgan fingerprint density at radius 1 is 1.21 bits per heavy atom. The van der Waals surface area contributed by atoms with E-state index >= 15 is 4.39 Å². The Kier molecular flexibility index (Phi) is 6.85. The van der Waals surface area contributed by atoms with Crippen LogP contribution in [-0.4, -0.2) is 54.6 Å². The molecule has 0 saturated carbocycles. The Balaban J connectivity index is 1.85. The van der Waals surface area contributed by atoms with E-state index < -0.39 is 32.7 Å². The van der Waals surface area contributed by atoms with Crippen molar-refractivity contribution in [3.05, 3.63) is 45.9 Å². The van der Waals surface area contributed by atoms with Crippen LogP contribution in [0.1, 0.15) is 13.3 Å². The van der Waals surface area contributed by atoms with E-state index in [0.717, 1.165) is 18.2 Å². The summed E-state index contributed by atoms with van der Waals surface area (Å²) < 4.78 is 60.1. The van der Waals surface area contributed by atoms with Gasteiger partial charge in [0.15, 0.2) is 0 Å². The summed E-state index contributed by atoms with van der Waals surface area (Å²) in [5.41, 5.74) is 0.370. The fourth-order valence-electron chi connectivity index (χ4n) is 3.91. The first-order valence-corrected chi connectivity index (χ1v) is 12.6. The second-order valence-electron chi connectivity index (χ2n) is 7.79. The molecule has 3 aromatic rings. The molecule has 34 heavy (non-hydrogen) atoms. The molecule has 2 aromatic carbocycles. The second-order valence-corrected chi connectivity index (χ2v) is 10.2. The first-order chi connectivity index (χ1) is 16.0. The van der Waals surface area contributed by atoms with E-state index in [4.69, 9.17) is 33.1 Å². The minimum Gasteiger partial charge on any atom is -0.373 e. The summed E-state index contributed by atoms with van der Waals surface area (Å²) >= 11 is 12.2. The average molecular weight is 533 g/mol. The largest absolute Gasteiger partial charge is 0.373 e. The summed E-state index contributed by atoms with van der Waals surface area (Å²) in [6.07, 6.45) is -0.155. The number of hydrogen-bond acceptors (Lipinski definition) is 5. The van der Waals surface area contributed by atoms with Crippen LogP contribution in [-0.2, 0) is 26.1 Å². The van der Waals surface area contributed by atoms with Gasteiger partial charge in [-0.2, -0.15) is 0 Å². The van der Waals surface area contributed by atoms with Gasteiger partial charge < -0.3 is 14.2 Å². The van der Waals surface area contributed by atoms with Gasteiger partial charge in [-0.25, -0.2) is 27.3 Å². The van der Waals surface area contributed by atoms with Crippen LogP contribution in [0.2, 0.25) is 10.0 Å². The maximum absolute atomic E-state index is 15.1. The van der Waals surface area contributed by atoms with E-state index in [1.807, 2.05) is 0 Å². The van der Waals surface area contributed by atoms with Crippen molar-refractivity contribution < 1.29 is 26.7 Å². The summed E-state index contributed by atoms with van der Waals surface area (Å²) in [5.74, 6) is -1.70. The molecule has 0 bridgehead atoms. The molecule has 13 heteroatoms. The Bertz CT molecular complexity index is 1370. The molecule has 0 radical (unpaired) electrons. The van der Waals surface area contributed by atoms with Crippen molar-refractivity contribution in [1.29, 1.82) is 0 Å². The van der Waals surface area contributed by atoms with Gasteiger partial charge in [0, 0.05) is 25.6 Å². The molecular formula is C21H20Cl2F2N4O4S. The van der Waals surface area contributed by atoms with Gasteiger partial charge >= 0.3 is 0 Å². The fourth-order valence-corrected chi connectivity index (χ4v) is 4.97. The third-order valence-electron chi connectivity index (χ3n) is 5.54. The Labute approximate surface area is 204 Å². The molecule has 2 N–H and O–H groups in total. The molecule has 0 aliphatic carbocycles. The van der Waals surface area contributed by atoms with Crippen LogP contribution < -0.4 is 5.14 Å². The van der Waals surface area contributed by atoms with E-state index in [2.05, 4.69) is 4.98 Å². The molecule has 4 rings (SSSR count). The van der Waals surface area contributed by atoms with E-state index in [1.54, 1.807) is 11.8 Å². The molecule has 8 nitrogen and oxygen atoms in total. The first-order valence-electron chi connectivity index (χ1n) is 10.3. The highest BCUT2D eigenvalue weighted by Gasteiger charge is 2.28. The number of ether oxygens (including phenoxy) is 1. The maximum Gasteiger partial charge on any atom is 0.238 e. The Morgan fingerprint density at radius 3 is 2.59 bits per heavy atom. The molecule has 182 valence electrons. The normalized spacial score (nSPS) is 16.9. The van der Waals surface area contributed by atoms with Crippen LogP contribution >= 0.6 is 23.2 Å². The Morgan fingerprint density at radius 2 is 1.94 bits per heavy atom. The number of carbonyl (C=O) groups is 1. The number of primary sulfonamides is 1. The van der Waals surface area contributed by atoms with Crippen molar-refractivity contribution in [3.63, 3.8) is 0 Å². The topological polar surface area (TPSA) is 108 Å². The minimum atomic E-state index is -4.21. The number of imidazole rings is 1. The number of halogens is 4. The molecule has 1 atom stereocenters. The maximum atomic E-state index is 15.1. The highest BCUT2D eigenvalue weighted by molar-refractivity contribution is 7.89. The zero-order valence-corrected chi connectivity index (χ0v) is 20.2. The first kappa shape index (κ1) is 24.8. The molecule has 1 amide bonds. The summed E-state index contributed by atoms with van der Waals surface area (Å²) in [6, 6.07) is 4.22. The number of morpholine rings is 1. The number of nitrogens with two attached hydrogens (primary N) is 1. The number of carbonyl (C=O) groups excluding carboxylic acids is 1. The van der Waals surface area contributed by atoms with Crippen LogP contribution in [0.25, 0.3) is 22.4 Å². The lowest BCUT2D eigenvalue weighted by Crippen LogP contribution is -2.46. The van der Waals surface area contributed by atoms with Crippen LogP contribution in [0.3, 0.4) is 0 Å². The minimum absolute atomic E-state index is 0.0164. The fraction of sp³-hybridized carbons (Fsp3) is 0.333. The SMILES string of the molecule is CCC(=O)N1CCO[C@@H](Cn2c(-c3c(F)cc(S(N)(=O)=O)cc3Cl)nc3cc(Cl)c(F)cc32)C1. The lowest BCUT2D eigenvalue weighted by molar-refractivity contribution is -0.138. The summed E-state index contributed by atoms with van der Waals surface area (Å²) in [5, 5.41) is 4.68. The lowest BCUT2D eigenvalue weighted by Gasteiger charge is -2.33. The summed E-state index contributed by atoms with van der Waals surface area (Å²) in [6.45, 7) is 2.88. The van der Waals surface area contributed by atoms with E-state index in [-0.39, 0.29) is 45.9 Å². The molecule has 0 unspecified atom stereocenters. The van der Waals surface area contributed by atoms with Crippen molar-refractivity contribution in [2.75, 3.05) is 19.7 Å². The molecule has 2 heterocycles. The van der Waals surface area contributed by atoms with Crippen LogP contribution in [0, 0.1) is 11.6 Å². The van der Waals surface area contributed by atoms with E-state index in [9.17, 15) is 17.6 Å². The number of aromatic nitrogens is 2. The number of nitrogens with zero attached hydrogens (tertiary/aromatic N) is 3. The van der Waals surface area contributed by atoms with Crippen molar-refractivity contribution in [1.82, 2.24) is 14.5 Å². The average Bonchev–Trinajstić information content (AvgIpc) is 3.09. The number of amides is 1. The zero-order valence-electron chi connectivity index (χ0n) is 17.9. The zero-order chi connectivity index (χ0) is 24.8. The standard InChI is InChI=1S/C21H20Cl2F2N4O4S/c1-2-19(30)28-3-4-33-11(9-28)10-29-18-8-15(24)13(22)7-17(18)27-21(29)20-14(23)5-12(6-16(20)25)34(26,31)32/h5-8,11H,2-4,9-10H2,1H3,(H2,26,31,32)/t11-/m1/s1. The monoisotopic (exact) mass is 532 g/mol. The van der Waals surface area contributed by atoms with Crippen molar-refractivity contribution in [2.45, 2.75) is 30.9 Å². The van der Waals surface area contributed by atoms with Gasteiger partial charge in [0.25, 0.3) is 0 Å². The Hall–Kier alpha value is -2.31. The summed E-state index contributed by atoms with van der Waals surface area (Å²) in [7, 11) is -4.21. The second kappa shape index (κ2) is 9.38. The highest BCUT2D eigenvalue weighted by Crippen LogP contribution is 2.36. The van der Waals surface area contributed by atoms with Gasteiger partial charge in [-0.1, -0.05) is 30.1 Å². The quantitative estimate of drug-likeness (QED) is 0.540. The highest BCUT2D eigenvalue weighted by atomic mass is 35.5. The predicted molar refractivity (Wildman–Crippen MR) is 123 cm³/mol. The molecule has 1 aromatic heterocycles. The van der Waals surface area contributed by atoms with Crippen molar-refractivity contribution >= 4 is 50.2 Å². The molecule has 1 aliphatic rings. The lowest BCUT2D eigenvalue weighted by atomic mass is 10.2. The van der Waals surface area contributed by atoms with Gasteiger partial charge in [-0.05, 0) is 18.2 Å². The smallest absolute Gasteiger partial charge is 0.238 e. The van der Waals surface area contributed by atoms with Crippen LogP contribution in [0.4, 0.5) is 8.78 Å². The van der Waals surface area contributed by atoms with Gasteiger partial charge in [-0.15, -0.1) is 0 Å². The van der Waals surface area contributed by atoms with Gasteiger partial charge in [0.2, 0.25) is 15.9 Å². The van der Waals surface area contributed by atoms with Gasteiger partial charge in [0.1, 0.15) is 17.5 Å². The number of hydrogen-bond donors (Lipinski definition) is 1. The molecule has 1 fully saturated rings. The number of benzene rings is 2. The van der Waals surface area contributed by atoms with Crippen LogP contribution in [0.15, 0.2) is 29.2 Å². The molecule has 1 saturated heterocycles. The number of fused-ring (bicyclic) bond motifs is 1. The molecular weight excluding hydrogens is 513 g/mol. The van der Waals surface area contributed by atoms with Crippen LogP contribution in [0.5, 0.6) is 0 Å². The number of rotatable bonds is 5. The van der Waals surface area contributed by atoms with Gasteiger partial charge in [-0.3, -0.25) is 4.79 Å². The van der Waals surface area contributed by atoms with Crippen molar-refractivity contribution in [2.24, 2.45) is 5.14 Å². The number of sulfonamides is 1. The molecule has 1 aliphatic heterocycles. The van der Waals surface area contributed by atoms with Gasteiger partial charge in [0.05, 0.1) is 50.8 Å².